The lowest BCUT2D eigenvalue weighted by Gasteiger charge is -2.11. The van der Waals surface area contributed by atoms with E-state index < -0.39 is 6.10 Å². The van der Waals surface area contributed by atoms with Crippen molar-refractivity contribution >= 4 is 29.7 Å². The van der Waals surface area contributed by atoms with Crippen LogP contribution in [0.4, 0.5) is 5.95 Å². The molecule has 17 heavy (non-hydrogen) atoms. The molecule has 0 saturated carbocycles. The third-order valence-electron chi connectivity index (χ3n) is 2.82. The van der Waals surface area contributed by atoms with Crippen LogP contribution in [0, 0.1) is 0 Å². The average molecular weight is 249 g/mol. The van der Waals surface area contributed by atoms with Gasteiger partial charge in [-0.1, -0.05) is 12.2 Å². The molecule has 0 aliphatic heterocycles. The van der Waals surface area contributed by atoms with Gasteiger partial charge in [0, 0.05) is 6.42 Å². The van der Waals surface area contributed by atoms with Crippen LogP contribution in [0.3, 0.4) is 0 Å². The second-order valence-electron chi connectivity index (χ2n) is 3.98. The second-order valence-corrected chi connectivity index (χ2v) is 4.41. The molecule has 0 aromatic carbocycles. The Morgan fingerprint density at radius 3 is 2.94 bits per heavy atom. The molecule has 3 rings (SSSR count). The summed E-state index contributed by atoms with van der Waals surface area (Å²) in [5.41, 5.74) is 6.87. The first-order chi connectivity index (χ1) is 8.15. The number of aliphatic hydroxyl groups is 1. The number of rotatable bonds is 1. The second kappa shape index (κ2) is 3.71. The molecule has 88 valence electrons. The van der Waals surface area contributed by atoms with E-state index >= 15 is 0 Å². The molecule has 2 unspecified atom stereocenters. The van der Waals surface area contributed by atoms with Crippen LogP contribution in [0.15, 0.2) is 23.5 Å². The summed E-state index contributed by atoms with van der Waals surface area (Å²) >= 11 is 4.22. The summed E-state index contributed by atoms with van der Waals surface area (Å²) in [7, 11) is 0. The van der Waals surface area contributed by atoms with Gasteiger partial charge in [-0.2, -0.15) is 4.98 Å². The topological polar surface area (TPSA) is 89.8 Å². The van der Waals surface area contributed by atoms with Crippen LogP contribution in [-0.4, -0.2) is 30.7 Å². The Balaban J connectivity index is 2.15. The lowest BCUT2D eigenvalue weighted by molar-refractivity contribution is 0.211. The van der Waals surface area contributed by atoms with Crippen molar-refractivity contribution in [2.24, 2.45) is 0 Å². The zero-order valence-corrected chi connectivity index (χ0v) is 9.75. The van der Waals surface area contributed by atoms with Crippen LogP contribution in [0.2, 0.25) is 0 Å². The van der Waals surface area contributed by atoms with Crippen LogP contribution in [0.1, 0.15) is 12.5 Å². The fourth-order valence-corrected chi connectivity index (χ4v) is 2.29. The van der Waals surface area contributed by atoms with Gasteiger partial charge >= 0.3 is 0 Å². The van der Waals surface area contributed by atoms with E-state index in [0.717, 1.165) is 0 Å². The Morgan fingerprint density at radius 2 is 2.24 bits per heavy atom. The highest BCUT2D eigenvalue weighted by atomic mass is 32.1. The third-order valence-corrected chi connectivity index (χ3v) is 3.13. The smallest absolute Gasteiger partial charge is 0.223 e. The fourth-order valence-electron chi connectivity index (χ4n) is 2.03. The summed E-state index contributed by atoms with van der Waals surface area (Å²) in [5.74, 6) is 0.173. The maximum absolute atomic E-state index is 9.49. The van der Waals surface area contributed by atoms with Crippen molar-refractivity contribution in [3.8, 4) is 0 Å². The van der Waals surface area contributed by atoms with Gasteiger partial charge in [-0.25, -0.2) is 9.97 Å². The van der Waals surface area contributed by atoms with Crippen LogP contribution in [-0.2, 0) is 0 Å². The number of anilines is 1. The largest absolute Gasteiger partial charge is 0.389 e. The van der Waals surface area contributed by atoms with Gasteiger partial charge in [-0.15, -0.1) is 12.6 Å². The molecular weight excluding hydrogens is 238 g/mol. The lowest BCUT2D eigenvalue weighted by Crippen LogP contribution is -2.08. The van der Waals surface area contributed by atoms with Crippen molar-refractivity contribution in [2.45, 2.75) is 23.6 Å². The highest BCUT2D eigenvalue weighted by molar-refractivity contribution is 7.80. The number of aliphatic hydroxyl groups excluding tert-OH is 1. The van der Waals surface area contributed by atoms with Gasteiger partial charge in [0.2, 0.25) is 5.95 Å². The summed E-state index contributed by atoms with van der Waals surface area (Å²) in [4.78, 5) is 12.3. The molecule has 3 N–H and O–H groups in total. The molecule has 2 aromatic rings. The van der Waals surface area contributed by atoms with Gasteiger partial charge in [0.15, 0.2) is 5.65 Å². The molecule has 2 aromatic heterocycles. The van der Waals surface area contributed by atoms with Gasteiger partial charge < -0.3 is 15.4 Å². The lowest BCUT2D eigenvalue weighted by atomic mass is 10.2. The van der Waals surface area contributed by atoms with E-state index in [9.17, 15) is 5.11 Å². The molecule has 0 bridgehead atoms. The van der Waals surface area contributed by atoms with E-state index in [1.807, 2.05) is 10.6 Å². The summed E-state index contributed by atoms with van der Waals surface area (Å²) in [6.07, 6.45) is 5.58. The van der Waals surface area contributed by atoms with Crippen molar-refractivity contribution in [1.29, 1.82) is 0 Å². The third kappa shape index (κ3) is 1.67. The van der Waals surface area contributed by atoms with Crippen LogP contribution in [0.5, 0.6) is 0 Å². The van der Waals surface area contributed by atoms with Crippen LogP contribution < -0.4 is 5.73 Å². The standard InChI is InChI=1S/C10H11N5OS/c11-10-13-8-7(9(17)14-10)12-4-15(8)5-1-2-6(16)3-5/h1-2,4-6,16H,3H2,(H3,11,13,14,17). The van der Waals surface area contributed by atoms with Crippen molar-refractivity contribution in [2.75, 3.05) is 5.73 Å². The first kappa shape index (κ1) is 10.5. The molecule has 2 heterocycles. The number of hydrogen-bond donors (Lipinski definition) is 3. The monoisotopic (exact) mass is 249 g/mol. The minimum absolute atomic E-state index is 0.0528. The number of hydrogen-bond acceptors (Lipinski definition) is 6. The molecule has 0 saturated heterocycles. The van der Waals surface area contributed by atoms with Crippen LogP contribution >= 0.6 is 12.6 Å². The molecule has 0 amide bonds. The number of allylic oxidation sites excluding steroid dienone is 1. The van der Waals surface area contributed by atoms with E-state index in [2.05, 4.69) is 27.6 Å². The Labute approximate surface area is 103 Å². The number of imidazole rings is 1. The predicted octanol–water partition coefficient (Wildman–Crippen LogP) is 0.559. The Hall–Kier alpha value is -1.60. The Bertz CT molecular complexity index is 608. The van der Waals surface area contributed by atoms with Crippen molar-refractivity contribution < 1.29 is 5.11 Å². The molecule has 0 radical (unpaired) electrons. The number of thiol groups is 1. The van der Waals surface area contributed by atoms with Crippen molar-refractivity contribution in [3.05, 3.63) is 18.5 Å². The molecule has 6 nitrogen and oxygen atoms in total. The quantitative estimate of drug-likeness (QED) is 0.390. The van der Waals surface area contributed by atoms with Gasteiger partial charge in [0.05, 0.1) is 18.5 Å². The van der Waals surface area contributed by atoms with Crippen LogP contribution in [0.25, 0.3) is 11.2 Å². The first-order valence-corrected chi connectivity index (χ1v) is 5.65. The van der Waals surface area contributed by atoms with E-state index in [-0.39, 0.29) is 12.0 Å². The number of nitrogens with zero attached hydrogens (tertiary/aromatic N) is 4. The SMILES string of the molecule is Nc1nc(S)c2ncn(C3C=CC(O)C3)c2n1. The zero-order valence-electron chi connectivity index (χ0n) is 8.85. The molecule has 2 atom stereocenters. The summed E-state index contributed by atoms with van der Waals surface area (Å²) in [6, 6.07) is 0.0528. The van der Waals surface area contributed by atoms with E-state index in [4.69, 9.17) is 5.73 Å². The first-order valence-electron chi connectivity index (χ1n) is 5.20. The molecule has 0 fully saturated rings. The number of aromatic nitrogens is 4. The predicted molar refractivity (Wildman–Crippen MR) is 65.8 cm³/mol. The van der Waals surface area contributed by atoms with Gasteiger partial charge in [-0.05, 0) is 0 Å². The molecule has 1 aliphatic carbocycles. The minimum atomic E-state index is -0.410. The highest BCUT2D eigenvalue weighted by Gasteiger charge is 2.21. The fraction of sp³-hybridized carbons (Fsp3) is 0.300. The maximum atomic E-state index is 9.49. The summed E-state index contributed by atoms with van der Waals surface area (Å²) in [6.45, 7) is 0. The highest BCUT2D eigenvalue weighted by Crippen LogP contribution is 2.27. The Kier molecular flexibility index (Phi) is 2.30. The van der Waals surface area contributed by atoms with E-state index in [0.29, 0.717) is 22.6 Å². The van der Waals surface area contributed by atoms with Crippen molar-refractivity contribution in [3.63, 3.8) is 0 Å². The average Bonchev–Trinajstić information content (AvgIpc) is 2.83. The van der Waals surface area contributed by atoms with Gasteiger partial charge in [-0.3, -0.25) is 0 Å². The van der Waals surface area contributed by atoms with Crippen molar-refractivity contribution in [1.82, 2.24) is 19.5 Å². The maximum Gasteiger partial charge on any atom is 0.223 e. The van der Waals surface area contributed by atoms with E-state index in [1.165, 1.54) is 0 Å². The minimum Gasteiger partial charge on any atom is -0.389 e. The van der Waals surface area contributed by atoms with E-state index in [1.54, 1.807) is 12.4 Å². The molecular formula is C10H11N5OS. The number of nitrogen functional groups attached to an aromatic ring is 1. The number of fused-ring (bicyclic) bond motifs is 1. The molecule has 7 heteroatoms. The van der Waals surface area contributed by atoms with Gasteiger partial charge in [0.25, 0.3) is 0 Å². The molecule has 1 aliphatic rings. The number of nitrogens with two attached hydrogens (primary N) is 1. The van der Waals surface area contributed by atoms with Gasteiger partial charge in [0.1, 0.15) is 10.5 Å². The summed E-state index contributed by atoms with van der Waals surface area (Å²) < 4.78 is 1.87. The zero-order chi connectivity index (χ0) is 12.0. The Morgan fingerprint density at radius 1 is 1.41 bits per heavy atom. The molecule has 0 spiro atoms. The summed E-state index contributed by atoms with van der Waals surface area (Å²) in [5, 5.41) is 9.95. The normalized spacial score (nSPS) is 23.6.